The molecule has 330 valence electrons. The van der Waals surface area contributed by atoms with Gasteiger partial charge >= 0.3 is 0 Å². The largest absolute Gasteiger partial charge is 0.364 e. The molecule has 0 saturated heterocycles. The van der Waals surface area contributed by atoms with Crippen LogP contribution in [0, 0.1) is 57.3 Å². The Labute approximate surface area is 386 Å². The van der Waals surface area contributed by atoms with E-state index in [1.807, 2.05) is 12.1 Å². The van der Waals surface area contributed by atoms with E-state index in [0.717, 1.165) is 24.3 Å². The molecule has 0 unspecified atom stereocenters. The Kier molecular flexibility index (Phi) is 12.9. The van der Waals surface area contributed by atoms with Crippen LogP contribution in [0.5, 0.6) is 0 Å². The molecule has 12 nitrogen and oxygen atoms in total. The number of aromatic amines is 2. The lowest BCUT2D eigenvalue weighted by atomic mass is 10.00. The van der Waals surface area contributed by atoms with Gasteiger partial charge in [0, 0.05) is 67.1 Å². The third-order valence-electron chi connectivity index (χ3n) is 10.4. The van der Waals surface area contributed by atoms with Crippen molar-refractivity contribution in [3.63, 3.8) is 0 Å². The van der Waals surface area contributed by atoms with Crippen molar-refractivity contribution in [1.82, 2.24) is 14.5 Å². The molecular weight excluding hydrogens is 909 g/mol. The van der Waals surface area contributed by atoms with E-state index in [2.05, 4.69) is 16.0 Å². The van der Waals surface area contributed by atoms with Crippen molar-refractivity contribution in [2.24, 2.45) is 24.2 Å². The van der Waals surface area contributed by atoms with E-state index in [1.165, 1.54) is 24.3 Å². The minimum Gasteiger partial charge on any atom is -0.364 e. The van der Waals surface area contributed by atoms with Crippen LogP contribution in [0.2, 0.25) is 10.0 Å². The number of fused-ring (bicyclic) bond motifs is 3. The van der Waals surface area contributed by atoms with Crippen LogP contribution in [-0.4, -0.2) is 32.3 Å². The van der Waals surface area contributed by atoms with Crippen molar-refractivity contribution >= 4 is 73.6 Å². The highest BCUT2D eigenvalue weighted by atomic mass is 35.5. The maximum atomic E-state index is 14.0. The first kappa shape index (κ1) is 46.1. The summed E-state index contributed by atoms with van der Waals surface area (Å²) in [6, 6.07) is 32.2. The number of H-pyrrole nitrogens is 2. The summed E-state index contributed by atoms with van der Waals surface area (Å²) in [6.45, 7) is 0. The number of amides is 3. The zero-order valence-electron chi connectivity index (χ0n) is 34.4. The average Bonchev–Trinajstić information content (AvgIpc) is 4.03. The summed E-state index contributed by atoms with van der Waals surface area (Å²) in [5, 5.41) is 30.3. The van der Waals surface area contributed by atoms with Crippen molar-refractivity contribution in [2.75, 3.05) is 0 Å². The maximum Gasteiger partial charge on any atom is 0.265 e. The molecule has 67 heavy (non-hydrogen) atoms. The summed E-state index contributed by atoms with van der Waals surface area (Å²) in [4.78, 5) is 40.0. The fourth-order valence-electron chi connectivity index (χ4n) is 7.41. The smallest absolute Gasteiger partial charge is 0.265 e. The Morgan fingerprint density at radius 3 is 1.55 bits per heavy atom. The molecular formula is C49H29Cl2F4N9O3. The van der Waals surface area contributed by atoms with Gasteiger partial charge in [-0.15, -0.1) is 0 Å². The first-order valence-electron chi connectivity index (χ1n) is 19.3. The lowest BCUT2D eigenvalue weighted by Crippen LogP contribution is -2.15. The van der Waals surface area contributed by atoms with Crippen LogP contribution in [0.4, 0.5) is 17.6 Å². The van der Waals surface area contributed by atoms with Crippen molar-refractivity contribution < 1.29 is 31.9 Å². The molecule has 3 amide bonds. The number of hydrogen-bond acceptors (Lipinski definition) is 6. The number of nitrogens with two attached hydrogens (primary N) is 3. The van der Waals surface area contributed by atoms with Crippen LogP contribution in [0.15, 0.2) is 109 Å². The van der Waals surface area contributed by atoms with E-state index in [1.54, 1.807) is 72.3 Å². The van der Waals surface area contributed by atoms with Gasteiger partial charge in [0.15, 0.2) is 11.6 Å². The maximum absolute atomic E-state index is 14.0. The minimum absolute atomic E-state index is 0.126. The Morgan fingerprint density at radius 2 is 1.06 bits per heavy atom. The van der Waals surface area contributed by atoms with Crippen molar-refractivity contribution in [2.45, 2.75) is 0 Å². The molecule has 0 atom stereocenters. The summed E-state index contributed by atoms with van der Waals surface area (Å²) >= 11 is 12.2. The lowest BCUT2D eigenvalue weighted by molar-refractivity contribution is 0.0985. The van der Waals surface area contributed by atoms with Gasteiger partial charge in [0.2, 0.25) is 0 Å². The van der Waals surface area contributed by atoms with E-state index < -0.39 is 41.0 Å². The second kappa shape index (κ2) is 18.7. The van der Waals surface area contributed by atoms with E-state index in [4.69, 9.17) is 50.9 Å². The number of nitriles is 3. The van der Waals surface area contributed by atoms with Gasteiger partial charge in [-0.2, -0.15) is 15.8 Å². The van der Waals surface area contributed by atoms with Crippen LogP contribution in [0.3, 0.4) is 0 Å². The molecule has 0 saturated carbocycles. The van der Waals surface area contributed by atoms with Gasteiger partial charge in [-0.1, -0.05) is 35.3 Å². The van der Waals surface area contributed by atoms with Gasteiger partial charge in [-0.05, 0) is 96.6 Å². The molecule has 0 spiro atoms. The van der Waals surface area contributed by atoms with E-state index in [9.17, 15) is 37.2 Å². The van der Waals surface area contributed by atoms with Crippen LogP contribution in [0.1, 0.15) is 48.2 Å². The van der Waals surface area contributed by atoms with Crippen LogP contribution in [-0.2, 0) is 7.05 Å². The fraction of sp³-hybridized carbons (Fsp3) is 0.0204. The number of benzene rings is 6. The Bertz CT molecular complexity index is 3510. The number of nitrogens with zero attached hydrogens (tertiary/aromatic N) is 4. The Balaban J connectivity index is 0.000000149. The topological polar surface area (TPSA) is 237 Å². The highest BCUT2D eigenvalue weighted by Gasteiger charge is 2.19. The summed E-state index contributed by atoms with van der Waals surface area (Å²) in [6.07, 6.45) is 0. The SMILES string of the molecule is Cn1c(C(N)=O)cc2cc(C#N)cc(-c3ccc(F)c(F)c3)c21.N#Cc1cc(-c2ccc(Cl)cc2Cl)c2[nH]c(C(N)=O)cc2c1.N#Cc1cc(-c2ccc(F)cc2F)c2[nH]c(C(N)=O)cc2c1. The van der Waals surface area contributed by atoms with Crippen molar-refractivity contribution in [3.05, 3.63) is 176 Å². The molecule has 3 heterocycles. The normalized spacial score (nSPS) is 10.6. The average molecular weight is 939 g/mol. The zero-order chi connectivity index (χ0) is 48.4. The second-order valence-corrected chi connectivity index (χ2v) is 15.5. The zero-order valence-corrected chi connectivity index (χ0v) is 35.9. The molecule has 18 heteroatoms. The van der Waals surface area contributed by atoms with Crippen LogP contribution < -0.4 is 17.2 Å². The molecule has 0 fully saturated rings. The summed E-state index contributed by atoms with van der Waals surface area (Å²) < 4.78 is 55.4. The molecule has 0 aliphatic carbocycles. The molecule has 0 bridgehead atoms. The van der Waals surface area contributed by atoms with Gasteiger partial charge in [0.1, 0.15) is 28.7 Å². The second-order valence-electron chi connectivity index (χ2n) is 14.7. The standard InChI is InChI=1S/C17H11F2N3O.C16H9Cl2N3O.C16H9F2N3O/c1-22-15(17(21)23)7-11-4-9(8-20)5-12(16(11)22)10-2-3-13(18)14(19)6-10;2*17-10-1-2-11(13(18)6-10)12-4-8(7-19)3-9-5-14(16(20)22)21-15(9)12/h2-7H,1H3,(H2,21,23);2*1-6,21H,(H2,20,22). The van der Waals surface area contributed by atoms with Gasteiger partial charge in [0.25, 0.3) is 17.7 Å². The molecule has 8 N–H and O–H groups in total. The highest BCUT2D eigenvalue weighted by molar-refractivity contribution is 6.36. The first-order valence-corrected chi connectivity index (χ1v) is 20.1. The molecule has 6 aromatic carbocycles. The van der Waals surface area contributed by atoms with Crippen LogP contribution >= 0.6 is 23.2 Å². The summed E-state index contributed by atoms with van der Waals surface area (Å²) in [5.41, 5.74) is 22.3. The van der Waals surface area contributed by atoms with Crippen molar-refractivity contribution in [3.8, 4) is 51.6 Å². The number of primary amides is 3. The quantitative estimate of drug-likeness (QED) is 0.102. The number of aromatic nitrogens is 3. The number of carbonyl (C=O) groups is 3. The minimum atomic E-state index is -0.984. The Morgan fingerprint density at radius 1 is 0.537 bits per heavy atom. The molecule has 0 aliphatic heterocycles. The first-order chi connectivity index (χ1) is 31.9. The molecule has 9 aromatic rings. The third-order valence-corrected chi connectivity index (χ3v) is 11.0. The molecule has 3 aromatic heterocycles. The number of rotatable bonds is 6. The number of hydrogen-bond donors (Lipinski definition) is 5. The van der Waals surface area contributed by atoms with Gasteiger partial charge < -0.3 is 31.7 Å². The Hall–Kier alpha value is -8.88. The molecule has 0 aliphatic rings. The lowest BCUT2D eigenvalue weighted by Gasteiger charge is -2.09. The predicted octanol–water partition coefficient (Wildman–Crippen LogP) is 10.3. The fourth-order valence-corrected chi connectivity index (χ4v) is 7.92. The van der Waals surface area contributed by atoms with Crippen LogP contribution in [0.25, 0.3) is 66.1 Å². The number of carbonyl (C=O) groups excluding carboxylic acids is 3. The highest BCUT2D eigenvalue weighted by Crippen LogP contribution is 2.37. The summed E-state index contributed by atoms with van der Waals surface area (Å²) in [7, 11) is 1.65. The van der Waals surface area contributed by atoms with Crippen molar-refractivity contribution in [1.29, 1.82) is 15.8 Å². The molecule has 0 radical (unpaired) electrons. The number of nitrogens with one attached hydrogen (secondary N) is 2. The van der Waals surface area contributed by atoms with E-state index in [0.29, 0.717) is 87.3 Å². The molecule has 9 rings (SSSR count). The van der Waals surface area contributed by atoms with Gasteiger partial charge in [-0.3, -0.25) is 14.4 Å². The monoisotopic (exact) mass is 937 g/mol. The van der Waals surface area contributed by atoms with Gasteiger partial charge in [-0.25, -0.2) is 17.6 Å². The number of aryl methyl sites for hydroxylation is 1. The van der Waals surface area contributed by atoms with E-state index >= 15 is 0 Å². The predicted molar refractivity (Wildman–Crippen MR) is 245 cm³/mol. The van der Waals surface area contributed by atoms with Gasteiger partial charge in [0.05, 0.1) is 51.4 Å². The third kappa shape index (κ3) is 9.37. The van der Waals surface area contributed by atoms with E-state index in [-0.39, 0.29) is 22.6 Å². The number of halogens is 6. The summed E-state index contributed by atoms with van der Waals surface area (Å²) in [5.74, 6) is -5.24.